The van der Waals surface area contributed by atoms with Crippen LogP contribution in [0.5, 0.6) is 0 Å². The molecule has 3 rings (SSSR count). The fraction of sp³-hybridized carbons (Fsp3) is 0.286. The minimum atomic E-state index is -0.970. The van der Waals surface area contributed by atoms with Crippen LogP contribution in [-0.2, 0) is 17.2 Å². The second-order valence-electron chi connectivity index (χ2n) is 7.22. The van der Waals surface area contributed by atoms with E-state index in [4.69, 9.17) is 10.3 Å². The molecule has 1 heterocycles. The second-order valence-corrected chi connectivity index (χ2v) is 7.22. The van der Waals surface area contributed by atoms with Crippen LogP contribution in [0.4, 0.5) is 0 Å². The molecule has 1 atom stereocenters. The third-order valence-electron chi connectivity index (χ3n) is 5.00. The minimum Gasteiger partial charge on any atom is -0.462 e. The minimum absolute atomic E-state index is 0.178. The van der Waals surface area contributed by atoms with Gasteiger partial charge in [0.05, 0.1) is 22.6 Å². The van der Waals surface area contributed by atoms with Gasteiger partial charge in [-0.05, 0) is 29.8 Å². The monoisotopic (exact) mass is 391 g/mol. The molecule has 0 aliphatic heterocycles. The Balaban J connectivity index is 1.95. The maximum absolute atomic E-state index is 13.0. The summed E-state index contributed by atoms with van der Waals surface area (Å²) in [6.07, 6.45) is 0. The number of aromatic nitrogens is 2. The molecule has 0 spiro atoms. The molecule has 0 unspecified atom stereocenters. The Labute approximate surface area is 167 Å². The van der Waals surface area contributed by atoms with Crippen molar-refractivity contribution in [3.05, 3.63) is 86.7 Å². The predicted molar refractivity (Wildman–Crippen MR) is 110 cm³/mol. The fourth-order valence-corrected chi connectivity index (χ4v) is 3.12. The highest BCUT2D eigenvalue weighted by Crippen LogP contribution is 2.27. The molecule has 29 heavy (non-hydrogen) atoms. The van der Waals surface area contributed by atoms with Crippen molar-refractivity contribution in [1.29, 1.82) is 0 Å². The molecule has 0 bridgehead atoms. The smallest absolute Gasteiger partial charge is 0.338 e. The van der Waals surface area contributed by atoms with E-state index in [1.165, 1.54) is 4.57 Å². The number of esters is 1. The summed E-state index contributed by atoms with van der Waals surface area (Å²) in [5, 5.41) is 3.80. The zero-order valence-corrected chi connectivity index (χ0v) is 16.4. The van der Waals surface area contributed by atoms with Gasteiger partial charge in [0.1, 0.15) is 12.3 Å². The van der Waals surface area contributed by atoms with Crippen LogP contribution < -0.4 is 5.56 Å². The Morgan fingerprint density at radius 1 is 1.21 bits per heavy atom. The number of rotatable bonds is 6. The van der Waals surface area contributed by atoms with Crippen molar-refractivity contribution < 1.29 is 9.53 Å². The summed E-state index contributed by atoms with van der Waals surface area (Å²) >= 11 is 0. The number of fused-ring (bicyclic) bond motifs is 1. The summed E-state index contributed by atoms with van der Waals surface area (Å²) < 4.78 is 6.88. The number of azide groups is 1. The van der Waals surface area contributed by atoms with Crippen LogP contribution >= 0.6 is 0 Å². The second kappa shape index (κ2) is 8.16. The highest BCUT2D eigenvalue weighted by Gasteiger charge is 2.36. The molecule has 2 aromatic carbocycles. The average molecular weight is 391 g/mol. The third kappa shape index (κ3) is 3.97. The van der Waals surface area contributed by atoms with Crippen molar-refractivity contribution in [2.24, 2.45) is 12.2 Å². The van der Waals surface area contributed by atoms with Crippen LogP contribution in [0.2, 0.25) is 0 Å². The van der Waals surface area contributed by atoms with Gasteiger partial charge < -0.3 is 9.30 Å². The molecule has 8 nitrogen and oxygen atoms in total. The van der Waals surface area contributed by atoms with Gasteiger partial charge in [-0.25, -0.2) is 9.78 Å². The Hall–Kier alpha value is -3.64. The maximum atomic E-state index is 13.0. The topological polar surface area (TPSA) is 110 Å². The SMILES string of the molecule is Cn1c(=O)c(C(C)(C)[C@@H](COC(=O)c2ccccc2)N=[N+]=[N-])nc2ccccc21. The normalized spacial score (nSPS) is 12.2. The van der Waals surface area contributed by atoms with E-state index in [0.29, 0.717) is 16.6 Å². The standard InChI is InChI=1S/C21H21N5O3/c1-21(2,18-19(27)26(3)16-12-8-7-11-15(16)23-18)17(24-25-22)13-29-20(28)14-9-5-4-6-10-14/h4-12,17H,13H2,1-3H3/t17-/m1/s1. The van der Waals surface area contributed by atoms with Gasteiger partial charge in [-0.15, -0.1) is 0 Å². The number of aryl methyl sites for hydroxylation is 1. The summed E-state index contributed by atoms with van der Waals surface area (Å²) in [4.78, 5) is 32.7. The molecular weight excluding hydrogens is 370 g/mol. The molecule has 148 valence electrons. The van der Waals surface area contributed by atoms with Gasteiger partial charge in [-0.2, -0.15) is 0 Å². The van der Waals surface area contributed by atoms with Gasteiger partial charge in [-0.1, -0.05) is 49.3 Å². The van der Waals surface area contributed by atoms with Gasteiger partial charge in [-0.3, -0.25) is 4.79 Å². The Bertz CT molecular complexity index is 1150. The molecule has 0 aliphatic carbocycles. The van der Waals surface area contributed by atoms with E-state index in [0.717, 1.165) is 0 Å². The van der Waals surface area contributed by atoms with Crippen molar-refractivity contribution in [2.75, 3.05) is 6.61 Å². The van der Waals surface area contributed by atoms with Crippen LogP contribution in [0.3, 0.4) is 0 Å². The molecule has 0 fully saturated rings. The van der Waals surface area contributed by atoms with Gasteiger partial charge in [0.2, 0.25) is 0 Å². The molecule has 8 heteroatoms. The lowest BCUT2D eigenvalue weighted by Crippen LogP contribution is -2.42. The zero-order valence-electron chi connectivity index (χ0n) is 16.4. The van der Waals surface area contributed by atoms with Crippen molar-refractivity contribution in [2.45, 2.75) is 25.3 Å². The molecule has 0 radical (unpaired) electrons. The summed E-state index contributed by atoms with van der Waals surface area (Å²) in [6.45, 7) is 3.32. The molecule has 3 aromatic rings. The number of hydrogen-bond acceptors (Lipinski definition) is 5. The van der Waals surface area contributed by atoms with Gasteiger partial charge in [0.25, 0.3) is 5.56 Å². The largest absolute Gasteiger partial charge is 0.462 e. The molecule has 0 saturated carbocycles. The number of carbonyl (C=O) groups is 1. The van der Waals surface area contributed by atoms with E-state index in [1.807, 2.05) is 24.3 Å². The Morgan fingerprint density at radius 2 is 1.86 bits per heavy atom. The molecule has 1 aromatic heterocycles. The Morgan fingerprint density at radius 3 is 2.55 bits per heavy atom. The maximum Gasteiger partial charge on any atom is 0.338 e. The molecule has 0 amide bonds. The van der Waals surface area contributed by atoms with E-state index < -0.39 is 17.4 Å². The molecule has 0 N–H and O–H groups in total. The van der Waals surface area contributed by atoms with Crippen molar-refractivity contribution in [1.82, 2.24) is 9.55 Å². The van der Waals surface area contributed by atoms with Crippen LogP contribution in [-0.4, -0.2) is 28.2 Å². The first-order valence-corrected chi connectivity index (χ1v) is 9.09. The first-order valence-electron chi connectivity index (χ1n) is 9.09. The summed E-state index contributed by atoms with van der Waals surface area (Å²) in [7, 11) is 1.67. The van der Waals surface area contributed by atoms with Gasteiger partial charge >= 0.3 is 5.97 Å². The first-order chi connectivity index (χ1) is 13.9. The third-order valence-corrected chi connectivity index (χ3v) is 5.00. The predicted octanol–water partition coefficient (Wildman–Crippen LogP) is 3.75. The number of carbonyl (C=O) groups excluding carboxylic acids is 1. The number of para-hydroxylation sites is 2. The number of nitrogens with zero attached hydrogens (tertiary/aromatic N) is 5. The molecule has 0 aliphatic rings. The van der Waals surface area contributed by atoms with Crippen LogP contribution in [0, 0.1) is 0 Å². The van der Waals surface area contributed by atoms with E-state index in [-0.39, 0.29) is 17.9 Å². The Kier molecular flexibility index (Phi) is 5.66. The summed E-state index contributed by atoms with van der Waals surface area (Å²) in [5.41, 5.74) is 9.77. The average Bonchev–Trinajstić information content (AvgIpc) is 2.73. The molecule has 0 saturated heterocycles. The zero-order chi connectivity index (χ0) is 21.0. The lowest BCUT2D eigenvalue weighted by atomic mass is 9.81. The van der Waals surface area contributed by atoms with Crippen LogP contribution in [0.15, 0.2) is 64.5 Å². The highest BCUT2D eigenvalue weighted by molar-refractivity contribution is 5.89. The quantitative estimate of drug-likeness (QED) is 0.276. The van der Waals surface area contributed by atoms with Crippen LogP contribution in [0.25, 0.3) is 21.5 Å². The lowest BCUT2D eigenvalue weighted by molar-refractivity contribution is 0.0450. The van der Waals surface area contributed by atoms with Gasteiger partial charge in [0, 0.05) is 17.4 Å². The van der Waals surface area contributed by atoms with Gasteiger partial charge in [0.15, 0.2) is 0 Å². The van der Waals surface area contributed by atoms with E-state index in [2.05, 4.69) is 15.0 Å². The summed E-state index contributed by atoms with van der Waals surface area (Å²) in [6, 6.07) is 15.0. The van der Waals surface area contributed by atoms with Crippen molar-refractivity contribution >= 4 is 17.0 Å². The fourth-order valence-electron chi connectivity index (χ4n) is 3.12. The lowest BCUT2D eigenvalue weighted by Gasteiger charge is -2.30. The van der Waals surface area contributed by atoms with Crippen molar-refractivity contribution in [3.63, 3.8) is 0 Å². The number of benzene rings is 2. The van der Waals surface area contributed by atoms with E-state index in [9.17, 15) is 9.59 Å². The highest BCUT2D eigenvalue weighted by atomic mass is 16.5. The summed E-state index contributed by atoms with van der Waals surface area (Å²) in [5.74, 6) is -0.529. The number of ether oxygens (including phenoxy) is 1. The number of hydrogen-bond donors (Lipinski definition) is 0. The van der Waals surface area contributed by atoms with Crippen molar-refractivity contribution in [3.8, 4) is 0 Å². The van der Waals surface area contributed by atoms with Crippen LogP contribution in [0.1, 0.15) is 29.9 Å². The molecular formula is C21H21N5O3. The van der Waals surface area contributed by atoms with E-state index in [1.54, 1.807) is 51.2 Å². The first kappa shape index (κ1) is 20.1. The van der Waals surface area contributed by atoms with E-state index >= 15 is 0 Å².